The van der Waals surface area contributed by atoms with Crippen LogP contribution >= 0.6 is 0 Å². The van der Waals surface area contributed by atoms with Crippen molar-refractivity contribution in [3.8, 4) is 22.9 Å². The molecule has 1 fully saturated rings. The largest absolute Gasteiger partial charge is 0.733 e. The number of aromatic nitrogens is 2. The van der Waals surface area contributed by atoms with E-state index in [1.165, 1.54) is 12.1 Å². The number of hydrogen-bond acceptors (Lipinski definition) is 10. The minimum Gasteiger partial charge on any atom is -0.733 e. The van der Waals surface area contributed by atoms with Gasteiger partial charge in [-0.05, 0) is 42.3 Å². The maximum Gasteiger partial charge on any atom is 0.244 e. The molecule has 2 aliphatic heterocycles. The minimum atomic E-state index is -0.509. The number of ether oxygens (including phenoxy) is 2. The Balaban J connectivity index is 1.35. The van der Waals surface area contributed by atoms with Gasteiger partial charge in [0, 0.05) is 18.7 Å². The van der Waals surface area contributed by atoms with E-state index in [9.17, 15) is 10.3 Å². The Kier molecular flexibility index (Phi) is 4.75. The number of nitrogens with zero attached hydrogens (tertiary/aromatic N) is 4. The first-order chi connectivity index (χ1) is 14.6. The second-order valence-electron chi connectivity index (χ2n) is 7.30. The van der Waals surface area contributed by atoms with Crippen LogP contribution in [0.25, 0.3) is 11.4 Å². The maximum absolute atomic E-state index is 10.9. The van der Waals surface area contributed by atoms with Crippen molar-refractivity contribution >= 4 is 5.69 Å². The molecule has 2 atom stereocenters. The highest BCUT2D eigenvalue weighted by Crippen LogP contribution is 2.37. The number of benzene rings is 2. The number of fused-ring (bicyclic) bond motifs is 1. The molecule has 10 heteroatoms. The van der Waals surface area contributed by atoms with Gasteiger partial charge in [0.25, 0.3) is 0 Å². The summed E-state index contributed by atoms with van der Waals surface area (Å²) in [5, 5.41) is 34.0. The monoisotopic (exact) mass is 411 g/mol. The van der Waals surface area contributed by atoms with E-state index in [-0.39, 0.29) is 23.7 Å². The van der Waals surface area contributed by atoms with Crippen LogP contribution in [0, 0.1) is 5.21 Å². The zero-order valence-corrected chi connectivity index (χ0v) is 15.8. The molecule has 1 saturated heterocycles. The van der Waals surface area contributed by atoms with Crippen LogP contribution in [-0.4, -0.2) is 44.8 Å². The third kappa shape index (κ3) is 3.57. The van der Waals surface area contributed by atoms with Crippen LogP contribution in [0.4, 0.5) is 5.69 Å². The average Bonchev–Trinajstić information content (AvgIpc) is 3.47. The molecule has 2 aliphatic rings. The molecule has 0 bridgehead atoms. The third-order valence-corrected chi connectivity index (χ3v) is 5.28. The van der Waals surface area contributed by atoms with Crippen LogP contribution in [0.5, 0.6) is 11.5 Å². The van der Waals surface area contributed by atoms with Crippen LogP contribution in [-0.2, 0) is 6.54 Å². The van der Waals surface area contributed by atoms with Crippen molar-refractivity contribution in [1.29, 1.82) is 0 Å². The van der Waals surface area contributed by atoms with Gasteiger partial charge >= 0.3 is 0 Å². The summed E-state index contributed by atoms with van der Waals surface area (Å²) in [5.41, 5.74) is 1.83. The topological polar surface area (TPSA) is 127 Å². The first kappa shape index (κ1) is 18.8. The summed E-state index contributed by atoms with van der Waals surface area (Å²) in [4.78, 5) is 6.59. The van der Waals surface area contributed by atoms with Gasteiger partial charge in [-0.2, -0.15) is 4.98 Å². The Morgan fingerprint density at radius 3 is 2.73 bits per heavy atom. The van der Waals surface area contributed by atoms with Crippen LogP contribution < -0.4 is 14.7 Å². The van der Waals surface area contributed by atoms with Crippen molar-refractivity contribution in [2.75, 3.05) is 18.6 Å². The van der Waals surface area contributed by atoms with E-state index in [0.717, 1.165) is 11.1 Å². The highest BCUT2D eigenvalue weighted by atomic mass is 16.8. The summed E-state index contributed by atoms with van der Waals surface area (Å²) >= 11 is 0. The Labute approximate surface area is 171 Å². The molecule has 5 rings (SSSR count). The summed E-state index contributed by atoms with van der Waals surface area (Å²) in [5.74, 6) is 2.18. The summed E-state index contributed by atoms with van der Waals surface area (Å²) < 4.78 is 16.2. The fraction of sp³-hybridized carbons (Fsp3) is 0.300. The lowest BCUT2D eigenvalue weighted by atomic mass is 10.1. The predicted molar refractivity (Wildman–Crippen MR) is 104 cm³/mol. The zero-order chi connectivity index (χ0) is 20.7. The van der Waals surface area contributed by atoms with E-state index in [0.29, 0.717) is 42.7 Å². The van der Waals surface area contributed by atoms with E-state index >= 15 is 0 Å². The Morgan fingerprint density at radius 1 is 1.13 bits per heavy atom. The first-order valence-electron chi connectivity index (χ1n) is 9.47. The van der Waals surface area contributed by atoms with Gasteiger partial charge in [0.1, 0.15) is 0 Å². The van der Waals surface area contributed by atoms with Crippen LogP contribution in [0.1, 0.15) is 23.9 Å². The molecule has 2 N–H and O–H groups in total. The average molecular weight is 411 g/mol. The Morgan fingerprint density at radius 2 is 1.93 bits per heavy atom. The van der Waals surface area contributed by atoms with E-state index < -0.39 is 6.10 Å². The van der Waals surface area contributed by atoms with Gasteiger partial charge in [0.15, 0.2) is 11.5 Å². The lowest BCUT2D eigenvalue weighted by Crippen LogP contribution is -2.24. The lowest BCUT2D eigenvalue weighted by molar-refractivity contribution is 0.169. The molecule has 2 unspecified atom stereocenters. The van der Waals surface area contributed by atoms with Crippen molar-refractivity contribution < 1.29 is 24.3 Å². The number of aliphatic hydroxyl groups is 1. The van der Waals surface area contributed by atoms with Crippen molar-refractivity contribution in [3.63, 3.8) is 0 Å². The molecular weight excluding hydrogens is 392 g/mol. The van der Waals surface area contributed by atoms with Crippen molar-refractivity contribution in [2.24, 2.45) is 0 Å². The number of anilines is 1. The van der Waals surface area contributed by atoms with Crippen molar-refractivity contribution in [2.45, 2.75) is 25.1 Å². The molecule has 0 saturated carbocycles. The first-order valence-corrected chi connectivity index (χ1v) is 9.47. The van der Waals surface area contributed by atoms with E-state index in [4.69, 9.17) is 19.2 Å². The lowest BCUT2D eigenvalue weighted by Gasteiger charge is -2.23. The van der Waals surface area contributed by atoms with E-state index in [2.05, 4.69) is 10.1 Å². The molecule has 0 aliphatic carbocycles. The molecule has 0 spiro atoms. The van der Waals surface area contributed by atoms with E-state index in [1.807, 2.05) is 11.0 Å². The van der Waals surface area contributed by atoms with Gasteiger partial charge in [0.2, 0.25) is 18.5 Å². The summed E-state index contributed by atoms with van der Waals surface area (Å²) in [6.45, 7) is 1.17. The SMILES string of the molecule is [O-]N(O)c1ccc(CN2CC(O)CC2c2nc(-c3ccc4c(c3)OCO4)no2)cc1. The molecule has 3 heterocycles. The minimum absolute atomic E-state index is 0.155. The highest BCUT2D eigenvalue weighted by Gasteiger charge is 2.36. The third-order valence-electron chi connectivity index (χ3n) is 5.28. The molecule has 3 aromatic rings. The molecule has 0 radical (unpaired) electrons. The molecular formula is C20H19N4O6-. The van der Waals surface area contributed by atoms with Gasteiger partial charge < -0.3 is 29.5 Å². The molecule has 156 valence electrons. The second-order valence-corrected chi connectivity index (χ2v) is 7.30. The zero-order valence-electron chi connectivity index (χ0n) is 15.8. The molecule has 10 nitrogen and oxygen atoms in total. The van der Waals surface area contributed by atoms with Crippen molar-refractivity contribution in [3.05, 3.63) is 59.1 Å². The number of aliphatic hydroxyl groups excluding tert-OH is 1. The van der Waals surface area contributed by atoms with E-state index in [1.54, 1.807) is 24.3 Å². The van der Waals surface area contributed by atoms with Crippen LogP contribution in [0.3, 0.4) is 0 Å². The standard InChI is InChI=1S/C20H19N4O6/c25-15-8-16(23(10-15)9-12-1-4-14(5-2-12)24(26)27)20-21-19(22-30-20)13-3-6-17-18(7-13)29-11-28-17/h1-7,15-16,25-26H,8-11H2/q-1. The quantitative estimate of drug-likeness (QED) is 0.604. The smallest absolute Gasteiger partial charge is 0.244 e. The molecule has 1 aromatic heterocycles. The fourth-order valence-electron chi connectivity index (χ4n) is 3.80. The predicted octanol–water partition coefficient (Wildman–Crippen LogP) is 2.47. The van der Waals surface area contributed by atoms with Gasteiger partial charge in [-0.1, -0.05) is 17.3 Å². The molecule has 0 amide bonds. The van der Waals surface area contributed by atoms with Gasteiger partial charge in [-0.3, -0.25) is 10.1 Å². The normalized spacial score (nSPS) is 20.6. The molecule has 30 heavy (non-hydrogen) atoms. The molecule has 2 aromatic carbocycles. The summed E-state index contributed by atoms with van der Waals surface area (Å²) in [6, 6.07) is 11.8. The van der Waals surface area contributed by atoms with Crippen LogP contribution in [0.15, 0.2) is 47.0 Å². The van der Waals surface area contributed by atoms with Crippen molar-refractivity contribution in [1.82, 2.24) is 15.0 Å². The van der Waals surface area contributed by atoms with Gasteiger partial charge in [0.05, 0.1) is 17.8 Å². The maximum atomic E-state index is 10.9. The number of hydrogen-bond donors (Lipinski definition) is 2. The van der Waals surface area contributed by atoms with Gasteiger partial charge in [-0.15, -0.1) is 0 Å². The second kappa shape index (κ2) is 7.58. The Bertz CT molecular complexity index is 1040. The number of likely N-dealkylation sites (tertiary alicyclic amines) is 1. The Hall–Kier alpha value is -3.18. The summed E-state index contributed by atoms with van der Waals surface area (Å²) in [6.07, 6.45) is -0.0315. The van der Waals surface area contributed by atoms with Gasteiger partial charge in [-0.25, -0.2) is 0 Å². The summed E-state index contributed by atoms with van der Waals surface area (Å²) in [7, 11) is 0. The highest BCUT2D eigenvalue weighted by molar-refractivity contribution is 5.61. The number of rotatable bonds is 5. The van der Waals surface area contributed by atoms with Crippen LogP contribution in [0.2, 0.25) is 0 Å². The number of β-amino-alcohol motifs (C(OH)–C–C–N with tert-alkyl or cyclic N) is 1. The fourth-order valence-corrected chi connectivity index (χ4v) is 3.80.